The molecule has 8 heteroatoms. The number of likely N-dealkylation sites (tertiary alicyclic amines) is 1. The van der Waals surface area contributed by atoms with E-state index in [0.717, 1.165) is 68.1 Å². The number of aliphatic carboxylic acids is 1. The second-order valence-electron chi connectivity index (χ2n) is 12.5. The van der Waals surface area contributed by atoms with E-state index in [4.69, 9.17) is 9.47 Å². The largest absolute Gasteiger partial charge is 0.497 e. The summed E-state index contributed by atoms with van der Waals surface area (Å²) in [5.74, 6) is -0.649. The van der Waals surface area contributed by atoms with Crippen molar-refractivity contribution in [2.24, 2.45) is 17.3 Å². The van der Waals surface area contributed by atoms with E-state index in [0.29, 0.717) is 38.0 Å². The highest BCUT2D eigenvalue weighted by molar-refractivity contribution is 5.68. The Kier molecular flexibility index (Phi) is 7.40. The molecule has 4 aliphatic rings. The Hall–Kier alpha value is -2.87. The highest BCUT2D eigenvalue weighted by atomic mass is 19.3. The second-order valence-corrected chi connectivity index (χ2v) is 12.5. The molecule has 40 heavy (non-hydrogen) atoms. The number of halogens is 2. The average molecular weight is 555 g/mol. The standard InChI is InChI=1S/C32H40F2N2O4/c1-39-26-8-7-25(18-35-14-11-31(21-35)20-32(31,33)34)29(16-26)36-12-9-22(10-13-36)19-40-27-4-2-3-24(15-27)28(17-30(37)38)23-5-6-23/h2-4,7-8,15-16,22-23,28H,5-6,9-14,17-21H2,1H3,(H,37,38). The van der Waals surface area contributed by atoms with Crippen LogP contribution in [0.25, 0.3) is 0 Å². The van der Waals surface area contributed by atoms with Gasteiger partial charge in [0.25, 0.3) is 5.92 Å². The maximum absolute atomic E-state index is 13.9. The number of hydrogen-bond donors (Lipinski definition) is 1. The van der Waals surface area contributed by atoms with Crippen molar-refractivity contribution in [2.75, 3.05) is 44.8 Å². The molecule has 0 radical (unpaired) electrons. The molecular weight excluding hydrogens is 514 g/mol. The summed E-state index contributed by atoms with van der Waals surface area (Å²) in [6.07, 6.45) is 4.99. The lowest BCUT2D eigenvalue weighted by Crippen LogP contribution is -2.36. The predicted octanol–water partition coefficient (Wildman–Crippen LogP) is 6.19. The summed E-state index contributed by atoms with van der Waals surface area (Å²) in [6, 6.07) is 14.1. The molecule has 1 spiro atoms. The van der Waals surface area contributed by atoms with E-state index in [1.54, 1.807) is 7.11 Å². The molecule has 2 saturated heterocycles. The number of nitrogens with zero attached hydrogens (tertiary/aromatic N) is 2. The number of piperidine rings is 1. The van der Waals surface area contributed by atoms with Crippen LogP contribution in [0.2, 0.25) is 0 Å². The fraction of sp³-hybridized carbons (Fsp3) is 0.594. The lowest BCUT2D eigenvalue weighted by molar-refractivity contribution is -0.137. The van der Waals surface area contributed by atoms with Crippen molar-refractivity contribution in [3.63, 3.8) is 0 Å². The van der Waals surface area contributed by atoms with Crippen molar-refractivity contribution < 1.29 is 28.2 Å². The fourth-order valence-electron chi connectivity index (χ4n) is 6.89. The minimum absolute atomic E-state index is 0.0370. The first-order chi connectivity index (χ1) is 19.2. The number of carbonyl (C=O) groups is 1. The summed E-state index contributed by atoms with van der Waals surface area (Å²) < 4.78 is 39.6. The quantitative estimate of drug-likeness (QED) is 0.358. The molecule has 2 aromatic rings. The predicted molar refractivity (Wildman–Crippen MR) is 149 cm³/mol. The smallest absolute Gasteiger partial charge is 0.303 e. The third-order valence-corrected chi connectivity index (χ3v) is 9.64. The number of benzene rings is 2. The summed E-state index contributed by atoms with van der Waals surface area (Å²) in [7, 11) is 1.67. The number of hydrogen-bond acceptors (Lipinski definition) is 5. The number of anilines is 1. The number of alkyl halides is 2. The van der Waals surface area contributed by atoms with Crippen molar-refractivity contribution in [1.82, 2.24) is 4.90 Å². The van der Waals surface area contributed by atoms with Gasteiger partial charge in [-0.05, 0) is 85.7 Å². The number of carboxylic acid groups (broad SMARTS) is 1. The van der Waals surface area contributed by atoms with Gasteiger partial charge in [0.05, 0.1) is 25.6 Å². The molecule has 0 bridgehead atoms. The number of carboxylic acids is 1. The molecule has 6 nitrogen and oxygen atoms in total. The number of rotatable bonds is 11. The zero-order valence-corrected chi connectivity index (χ0v) is 23.3. The van der Waals surface area contributed by atoms with Crippen LogP contribution in [0.3, 0.4) is 0 Å². The molecule has 2 unspecified atom stereocenters. The van der Waals surface area contributed by atoms with Crippen LogP contribution >= 0.6 is 0 Å². The maximum atomic E-state index is 13.9. The van der Waals surface area contributed by atoms with Crippen molar-refractivity contribution in [2.45, 2.75) is 63.3 Å². The topological polar surface area (TPSA) is 62.2 Å². The maximum Gasteiger partial charge on any atom is 0.303 e. The van der Waals surface area contributed by atoms with E-state index in [1.165, 1.54) is 5.56 Å². The van der Waals surface area contributed by atoms with Gasteiger partial charge >= 0.3 is 5.97 Å². The van der Waals surface area contributed by atoms with Crippen LogP contribution in [-0.2, 0) is 11.3 Å². The van der Waals surface area contributed by atoms with Crippen molar-refractivity contribution in [3.05, 3.63) is 53.6 Å². The fourth-order valence-corrected chi connectivity index (χ4v) is 6.89. The minimum atomic E-state index is -2.49. The summed E-state index contributed by atoms with van der Waals surface area (Å²) in [6.45, 7) is 4.32. The Morgan fingerprint density at radius 1 is 1.07 bits per heavy atom. The summed E-state index contributed by atoms with van der Waals surface area (Å²) in [5.41, 5.74) is 2.59. The molecular formula is C32H40F2N2O4. The van der Waals surface area contributed by atoms with Gasteiger partial charge in [0, 0.05) is 44.4 Å². The molecule has 1 N–H and O–H groups in total. The van der Waals surface area contributed by atoms with Crippen LogP contribution in [-0.4, -0.2) is 61.8 Å². The van der Waals surface area contributed by atoms with Gasteiger partial charge in [-0.15, -0.1) is 0 Å². The summed E-state index contributed by atoms with van der Waals surface area (Å²) in [4.78, 5) is 16.0. The summed E-state index contributed by atoms with van der Waals surface area (Å²) in [5, 5.41) is 9.36. The van der Waals surface area contributed by atoms with Crippen LogP contribution < -0.4 is 14.4 Å². The first kappa shape index (κ1) is 27.3. The molecule has 0 aromatic heterocycles. The van der Waals surface area contributed by atoms with Gasteiger partial charge < -0.3 is 19.5 Å². The molecule has 2 aliphatic heterocycles. The second kappa shape index (κ2) is 10.8. The molecule has 2 aliphatic carbocycles. The molecule has 4 fully saturated rings. The Bertz CT molecular complexity index is 1230. The zero-order valence-electron chi connectivity index (χ0n) is 23.3. The zero-order chi connectivity index (χ0) is 27.9. The van der Waals surface area contributed by atoms with Gasteiger partial charge in [0.15, 0.2) is 0 Å². The van der Waals surface area contributed by atoms with Crippen molar-refractivity contribution in [1.29, 1.82) is 0 Å². The van der Waals surface area contributed by atoms with E-state index in [9.17, 15) is 18.7 Å². The minimum Gasteiger partial charge on any atom is -0.497 e. The molecule has 216 valence electrons. The van der Waals surface area contributed by atoms with Crippen molar-refractivity contribution >= 4 is 11.7 Å². The third-order valence-electron chi connectivity index (χ3n) is 9.64. The van der Waals surface area contributed by atoms with Gasteiger partial charge in [-0.3, -0.25) is 9.69 Å². The van der Waals surface area contributed by atoms with Crippen LogP contribution in [0.5, 0.6) is 11.5 Å². The SMILES string of the molecule is COc1ccc(CN2CCC3(C2)CC3(F)F)c(N2CCC(COc3cccc(C(CC(=O)O)C4CC4)c3)CC2)c1. The van der Waals surface area contributed by atoms with E-state index in [1.807, 2.05) is 30.3 Å². The van der Waals surface area contributed by atoms with Crippen LogP contribution in [0.1, 0.15) is 62.0 Å². The number of methoxy groups -OCH3 is 1. The van der Waals surface area contributed by atoms with E-state index in [2.05, 4.69) is 21.9 Å². The molecule has 6 rings (SSSR count). The highest BCUT2D eigenvalue weighted by Crippen LogP contribution is 2.65. The van der Waals surface area contributed by atoms with Gasteiger partial charge in [0.2, 0.25) is 0 Å². The lowest BCUT2D eigenvalue weighted by atomic mass is 9.91. The Morgan fingerprint density at radius 3 is 2.50 bits per heavy atom. The first-order valence-electron chi connectivity index (χ1n) is 14.7. The molecule has 2 heterocycles. The van der Waals surface area contributed by atoms with E-state index < -0.39 is 17.3 Å². The first-order valence-corrected chi connectivity index (χ1v) is 14.7. The third kappa shape index (κ3) is 5.78. The summed E-state index contributed by atoms with van der Waals surface area (Å²) >= 11 is 0. The van der Waals surface area contributed by atoms with E-state index >= 15 is 0 Å². The van der Waals surface area contributed by atoms with E-state index in [-0.39, 0.29) is 18.8 Å². The molecule has 2 atom stereocenters. The van der Waals surface area contributed by atoms with Gasteiger partial charge in [-0.1, -0.05) is 18.2 Å². The van der Waals surface area contributed by atoms with Gasteiger partial charge in [0.1, 0.15) is 11.5 Å². The Morgan fingerprint density at radius 2 is 1.85 bits per heavy atom. The van der Waals surface area contributed by atoms with Crippen LogP contribution in [0.15, 0.2) is 42.5 Å². The van der Waals surface area contributed by atoms with Crippen LogP contribution in [0.4, 0.5) is 14.5 Å². The monoisotopic (exact) mass is 554 g/mol. The van der Waals surface area contributed by atoms with Crippen LogP contribution in [0, 0.1) is 17.3 Å². The molecule has 2 saturated carbocycles. The average Bonchev–Trinajstić information content (AvgIpc) is 3.83. The lowest BCUT2D eigenvalue weighted by Gasteiger charge is -2.35. The number of ether oxygens (including phenoxy) is 2. The van der Waals surface area contributed by atoms with Gasteiger partial charge in [-0.2, -0.15) is 0 Å². The van der Waals surface area contributed by atoms with Gasteiger partial charge in [-0.25, -0.2) is 8.78 Å². The van der Waals surface area contributed by atoms with Crippen molar-refractivity contribution in [3.8, 4) is 11.5 Å². The molecule has 0 amide bonds. The molecule has 2 aromatic carbocycles. The normalized spacial score (nSPS) is 25.2. The Labute approximate surface area is 235 Å². The highest BCUT2D eigenvalue weighted by Gasteiger charge is 2.72. The Balaban J connectivity index is 1.05.